The molecule has 1 unspecified atom stereocenters. The molecule has 9 nitrogen and oxygen atoms in total. The zero-order chi connectivity index (χ0) is 24.2. The van der Waals surface area contributed by atoms with Gasteiger partial charge in [0.25, 0.3) is 5.91 Å². The third-order valence-electron chi connectivity index (χ3n) is 7.34. The van der Waals surface area contributed by atoms with Gasteiger partial charge in [0.05, 0.1) is 6.10 Å². The molecular weight excluding hydrogens is 442 g/mol. The van der Waals surface area contributed by atoms with Gasteiger partial charge in [-0.2, -0.15) is 0 Å². The van der Waals surface area contributed by atoms with Crippen LogP contribution in [-0.2, 0) is 4.74 Å². The van der Waals surface area contributed by atoms with Crippen molar-refractivity contribution in [1.29, 1.82) is 0 Å². The number of carbonyl (C=O) groups excluding carboxylic acids is 1. The number of aromatic nitrogens is 2. The Hall–Kier alpha value is -2.91. The lowest BCUT2D eigenvalue weighted by Crippen LogP contribution is -2.49. The highest BCUT2D eigenvalue weighted by molar-refractivity contribution is 5.94. The Labute approximate surface area is 208 Å². The normalized spacial score (nSPS) is 21.4. The third kappa shape index (κ3) is 5.67. The Morgan fingerprint density at radius 1 is 0.886 bits per heavy atom. The van der Waals surface area contributed by atoms with E-state index in [1.54, 1.807) is 0 Å². The lowest BCUT2D eigenvalue weighted by atomic mass is 10.1. The molecule has 9 heteroatoms. The quantitative estimate of drug-likeness (QED) is 0.622. The van der Waals surface area contributed by atoms with Crippen molar-refractivity contribution in [2.45, 2.75) is 18.9 Å². The molecule has 0 spiro atoms. The maximum Gasteiger partial charge on any atom is 0.253 e. The fraction of sp³-hybridized carbons (Fsp3) is 0.577. The minimum absolute atomic E-state index is 0.0926. The van der Waals surface area contributed by atoms with Crippen molar-refractivity contribution < 1.29 is 9.53 Å². The van der Waals surface area contributed by atoms with Gasteiger partial charge in [0.2, 0.25) is 0 Å². The topological polar surface area (TPSA) is 68.3 Å². The molecule has 0 saturated carbocycles. The SMILES string of the molecule is CN(C)c1ccc(C(=O)N2CCN(c3ccc(N4CCN(CC5CCCO5)CC4)nn3)CC2)cc1. The zero-order valence-corrected chi connectivity index (χ0v) is 21.0. The molecule has 3 aliphatic heterocycles. The summed E-state index contributed by atoms with van der Waals surface area (Å²) in [7, 11) is 4.00. The summed E-state index contributed by atoms with van der Waals surface area (Å²) < 4.78 is 5.79. The maximum absolute atomic E-state index is 12.9. The van der Waals surface area contributed by atoms with Gasteiger partial charge in [0, 0.05) is 90.9 Å². The van der Waals surface area contributed by atoms with Crippen LogP contribution in [0.2, 0.25) is 0 Å². The average molecular weight is 480 g/mol. The minimum Gasteiger partial charge on any atom is -0.378 e. The minimum atomic E-state index is 0.0926. The molecule has 0 N–H and O–H groups in total. The van der Waals surface area contributed by atoms with Crippen LogP contribution in [0, 0.1) is 0 Å². The van der Waals surface area contributed by atoms with Gasteiger partial charge < -0.3 is 24.3 Å². The second kappa shape index (κ2) is 10.8. The van der Waals surface area contributed by atoms with Crippen molar-refractivity contribution >= 4 is 23.2 Å². The largest absolute Gasteiger partial charge is 0.378 e. The molecule has 1 atom stereocenters. The van der Waals surface area contributed by atoms with E-state index in [-0.39, 0.29) is 5.91 Å². The van der Waals surface area contributed by atoms with E-state index in [0.29, 0.717) is 19.2 Å². The van der Waals surface area contributed by atoms with Crippen LogP contribution >= 0.6 is 0 Å². The molecule has 4 heterocycles. The lowest BCUT2D eigenvalue weighted by molar-refractivity contribution is 0.0712. The van der Waals surface area contributed by atoms with Crippen molar-refractivity contribution in [3.05, 3.63) is 42.0 Å². The van der Waals surface area contributed by atoms with Crippen LogP contribution in [0.15, 0.2) is 36.4 Å². The predicted molar refractivity (Wildman–Crippen MR) is 139 cm³/mol. The maximum atomic E-state index is 12.9. The highest BCUT2D eigenvalue weighted by atomic mass is 16.5. The van der Waals surface area contributed by atoms with Gasteiger partial charge >= 0.3 is 0 Å². The first-order chi connectivity index (χ1) is 17.1. The molecule has 3 fully saturated rings. The van der Waals surface area contributed by atoms with E-state index in [0.717, 1.165) is 75.3 Å². The number of hydrogen-bond acceptors (Lipinski definition) is 8. The lowest BCUT2D eigenvalue weighted by Gasteiger charge is -2.37. The molecule has 1 amide bonds. The summed E-state index contributed by atoms with van der Waals surface area (Å²) in [6, 6.07) is 12.0. The van der Waals surface area contributed by atoms with E-state index in [4.69, 9.17) is 4.74 Å². The number of nitrogens with zero attached hydrogens (tertiary/aromatic N) is 7. The number of amides is 1. The van der Waals surface area contributed by atoms with Crippen LogP contribution in [-0.4, -0.2) is 112 Å². The smallest absolute Gasteiger partial charge is 0.253 e. The molecule has 188 valence electrons. The molecule has 0 aliphatic carbocycles. The number of hydrogen-bond donors (Lipinski definition) is 0. The second-order valence-corrected chi connectivity index (χ2v) is 9.89. The first kappa shape index (κ1) is 23.8. The van der Waals surface area contributed by atoms with E-state index in [9.17, 15) is 4.79 Å². The van der Waals surface area contributed by atoms with Crippen molar-refractivity contribution in [2.75, 3.05) is 94.3 Å². The summed E-state index contributed by atoms with van der Waals surface area (Å²) in [5, 5.41) is 9.06. The van der Waals surface area contributed by atoms with Gasteiger partial charge in [-0.15, -0.1) is 10.2 Å². The van der Waals surface area contributed by atoms with Crippen LogP contribution in [0.5, 0.6) is 0 Å². The molecule has 1 aromatic heterocycles. The Morgan fingerprint density at radius 2 is 1.49 bits per heavy atom. The van der Waals surface area contributed by atoms with E-state index in [1.165, 1.54) is 12.8 Å². The summed E-state index contributed by atoms with van der Waals surface area (Å²) in [4.78, 5) is 23.9. The second-order valence-electron chi connectivity index (χ2n) is 9.89. The van der Waals surface area contributed by atoms with Gasteiger partial charge in [-0.3, -0.25) is 9.69 Å². The van der Waals surface area contributed by atoms with Gasteiger partial charge in [-0.25, -0.2) is 0 Å². The number of carbonyl (C=O) groups is 1. The summed E-state index contributed by atoms with van der Waals surface area (Å²) >= 11 is 0. The summed E-state index contributed by atoms with van der Waals surface area (Å²) in [5.74, 6) is 1.92. The fourth-order valence-electron chi connectivity index (χ4n) is 5.11. The molecule has 35 heavy (non-hydrogen) atoms. The van der Waals surface area contributed by atoms with E-state index in [1.807, 2.05) is 48.2 Å². The van der Waals surface area contributed by atoms with Crippen molar-refractivity contribution in [2.24, 2.45) is 0 Å². The Kier molecular flexibility index (Phi) is 7.34. The van der Waals surface area contributed by atoms with E-state index >= 15 is 0 Å². The molecule has 3 saturated heterocycles. The van der Waals surface area contributed by atoms with Crippen molar-refractivity contribution in [3.63, 3.8) is 0 Å². The molecule has 5 rings (SSSR count). The number of anilines is 3. The molecule has 1 aromatic carbocycles. The van der Waals surface area contributed by atoms with Crippen molar-refractivity contribution in [1.82, 2.24) is 20.0 Å². The Bertz CT molecular complexity index is 960. The molecule has 0 bridgehead atoms. The van der Waals surface area contributed by atoms with Crippen LogP contribution in [0.4, 0.5) is 17.3 Å². The number of ether oxygens (including phenoxy) is 1. The van der Waals surface area contributed by atoms with Crippen LogP contribution < -0.4 is 14.7 Å². The van der Waals surface area contributed by atoms with Crippen LogP contribution in [0.25, 0.3) is 0 Å². The number of benzene rings is 1. The van der Waals surface area contributed by atoms with Gasteiger partial charge in [0.15, 0.2) is 11.6 Å². The average Bonchev–Trinajstić information content (AvgIpc) is 3.42. The monoisotopic (exact) mass is 479 g/mol. The van der Waals surface area contributed by atoms with E-state index < -0.39 is 0 Å². The fourth-order valence-corrected chi connectivity index (χ4v) is 5.11. The third-order valence-corrected chi connectivity index (χ3v) is 7.34. The van der Waals surface area contributed by atoms with Crippen LogP contribution in [0.1, 0.15) is 23.2 Å². The highest BCUT2D eigenvalue weighted by Crippen LogP contribution is 2.20. The van der Waals surface area contributed by atoms with Gasteiger partial charge in [-0.1, -0.05) is 0 Å². The Balaban J connectivity index is 1.09. The summed E-state index contributed by atoms with van der Waals surface area (Å²) in [5.41, 5.74) is 1.83. The molecule has 2 aromatic rings. The first-order valence-corrected chi connectivity index (χ1v) is 12.8. The summed E-state index contributed by atoms with van der Waals surface area (Å²) in [6.45, 7) is 8.88. The summed E-state index contributed by atoms with van der Waals surface area (Å²) in [6.07, 6.45) is 2.81. The van der Waals surface area contributed by atoms with E-state index in [2.05, 4.69) is 37.0 Å². The Morgan fingerprint density at radius 3 is 2.00 bits per heavy atom. The first-order valence-electron chi connectivity index (χ1n) is 12.8. The van der Waals surface area contributed by atoms with Gasteiger partial charge in [-0.05, 0) is 49.2 Å². The predicted octanol–water partition coefficient (Wildman–Crippen LogP) is 1.81. The molecular formula is C26H37N7O2. The molecule has 3 aliphatic rings. The number of piperazine rings is 2. The zero-order valence-electron chi connectivity index (χ0n) is 21.0. The molecule has 0 radical (unpaired) electrons. The van der Waals surface area contributed by atoms with Gasteiger partial charge in [0.1, 0.15) is 0 Å². The highest BCUT2D eigenvalue weighted by Gasteiger charge is 2.25. The van der Waals surface area contributed by atoms with Crippen molar-refractivity contribution in [3.8, 4) is 0 Å². The standard InChI is InChI=1S/C26H37N7O2/c1-29(2)22-7-5-21(6-8-22)26(34)33-17-15-32(16-18-33)25-10-9-24(27-28-25)31-13-11-30(12-14-31)20-23-4-3-19-35-23/h5-10,23H,3-4,11-20H2,1-2H3. The number of rotatable bonds is 6. The van der Waals surface area contributed by atoms with Crippen LogP contribution in [0.3, 0.4) is 0 Å².